The molecule has 0 bridgehead atoms. The van der Waals surface area contributed by atoms with E-state index in [1.165, 1.54) is 0 Å². The molecule has 0 N–H and O–H groups in total. The molecule has 0 saturated heterocycles. The Morgan fingerprint density at radius 3 is 0.491 bits per heavy atom. The van der Waals surface area contributed by atoms with E-state index in [2.05, 4.69) is 18.6 Å². The van der Waals surface area contributed by atoms with E-state index in [9.17, 15) is 140 Å². The van der Waals surface area contributed by atoms with Crippen molar-refractivity contribution in [2.24, 2.45) is 0 Å². The van der Waals surface area contributed by atoms with Crippen molar-refractivity contribution in [3.05, 3.63) is 0 Å². The Kier molecular flexibility index (Phi) is 15.6. The van der Waals surface area contributed by atoms with Crippen LogP contribution >= 0.6 is 0 Å². The number of halogens is 32. The summed E-state index contributed by atoms with van der Waals surface area (Å²) in [4.78, 5) is 0. The van der Waals surface area contributed by atoms with Gasteiger partial charge in [0.05, 0.1) is 26.4 Å². The second kappa shape index (κ2) is 16.3. The maximum Gasteiger partial charge on any atom is 0.531 e. The number of alkyl halides is 32. The molecule has 344 valence electrons. The summed E-state index contributed by atoms with van der Waals surface area (Å²) in [6, 6.07) is 0. The highest BCUT2D eigenvalue weighted by molar-refractivity contribution is 6.53. The lowest BCUT2D eigenvalue weighted by Crippen LogP contribution is -2.66. The molecule has 0 aliphatic carbocycles. The van der Waals surface area contributed by atoms with Gasteiger partial charge in [0.2, 0.25) is 0 Å². The maximum absolute atomic E-state index is 14.1. The second-order valence-electron chi connectivity index (χ2n) is 10.6. The molecule has 0 unspecified atom stereocenters. The highest BCUT2D eigenvalue weighted by Crippen LogP contribution is 2.53. The smallest absolute Gasteiger partial charge is 0.514 e. The second-order valence-corrected chi connectivity index (χ2v) is 10.6. The summed E-state index contributed by atoms with van der Waals surface area (Å²) in [5, 5.41) is 0. The SMILES string of the molecule is FC(F)C(F)(F)C(F)(F)C(F)(F)CO[B-](OCC(F)(F)C(F)(F)C(F)(F)C(F)F)(OCC(F)(F)C(F)(F)C(F)(F)C(F)F)OCC(F)(F)C(F)(F)C(F)(F)C(F)F. The zero-order chi connectivity index (χ0) is 46.5. The van der Waals surface area contributed by atoms with Crippen LogP contribution < -0.4 is 0 Å². The molecule has 0 aliphatic heterocycles. The Balaban J connectivity index is 7.94. The van der Waals surface area contributed by atoms with Crippen LogP contribution in [0, 0.1) is 0 Å². The van der Waals surface area contributed by atoms with Gasteiger partial charge < -0.3 is 18.6 Å². The van der Waals surface area contributed by atoms with E-state index in [0.29, 0.717) is 0 Å². The lowest BCUT2D eigenvalue weighted by molar-refractivity contribution is -0.356. The minimum Gasteiger partial charge on any atom is -0.514 e. The summed E-state index contributed by atoms with van der Waals surface area (Å²) in [5.41, 5.74) is 0. The normalized spacial score (nSPS) is 16.2. The van der Waals surface area contributed by atoms with Crippen molar-refractivity contribution < 1.29 is 159 Å². The first kappa shape index (κ1) is 54.7. The summed E-state index contributed by atoms with van der Waals surface area (Å²) in [7, 11) is 0. The fourth-order valence-electron chi connectivity index (χ4n) is 3.00. The third-order valence-electron chi connectivity index (χ3n) is 6.48. The summed E-state index contributed by atoms with van der Waals surface area (Å²) in [6.07, 6.45) is -24.1. The van der Waals surface area contributed by atoms with Gasteiger partial charge in [0, 0.05) is 0 Å². The first-order valence-electron chi connectivity index (χ1n) is 12.9. The van der Waals surface area contributed by atoms with Gasteiger partial charge in [0.15, 0.2) is 0 Å². The standard InChI is InChI=1S/C20H12BF32O4/c22-5(23)13(38,39)17(46,47)9(30,31)1-54-21(55-2-10(32,33)18(48,49)14(40,41)6(24)25,56-3-11(34,35)19(50,51)15(42,43)7(26)27)57-4-12(36,37)20(52,53)16(44,45)8(28)29/h5-8H,1-4H2/q-1. The maximum atomic E-state index is 14.1. The first-order chi connectivity index (χ1) is 24.6. The molecule has 57 heavy (non-hydrogen) atoms. The molecule has 0 atom stereocenters. The van der Waals surface area contributed by atoms with Gasteiger partial charge in [0.25, 0.3) is 0 Å². The topological polar surface area (TPSA) is 36.9 Å². The fraction of sp³-hybridized carbons (Fsp3) is 1.00. The van der Waals surface area contributed by atoms with E-state index >= 15 is 0 Å². The Hall–Kier alpha value is -2.34. The molecule has 0 heterocycles. The lowest BCUT2D eigenvalue weighted by atomic mass is 9.98. The summed E-state index contributed by atoms with van der Waals surface area (Å²) >= 11 is 0. The molecule has 0 aliphatic rings. The largest absolute Gasteiger partial charge is 0.531 e. The molecule has 0 amide bonds. The molecule has 0 fully saturated rings. The number of hydrogen-bond donors (Lipinski definition) is 0. The monoisotopic (exact) mass is 935 g/mol. The average molecular weight is 935 g/mol. The Labute approximate surface area is 290 Å². The molecule has 37 heteroatoms. The molecule has 0 spiro atoms. The van der Waals surface area contributed by atoms with Gasteiger partial charge in [-0.25, -0.2) is 35.1 Å². The molecular weight excluding hydrogens is 923 g/mol. The zero-order valence-electron chi connectivity index (χ0n) is 25.4. The third-order valence-corrected chi connectivity index (χ3v) is 6.48. The van der Waals surface area contributed by atoms with Crippen LogP contribution in [0.5, 0.6) is 0 Å². The van der Waals surface area contributed by atoms with Gasteiger partial charge >= 0.3 is 104 Å². The van der Waals surface area contributed by atoms with Gasteiger partial charge in [-0.15, -0.1) is 0 Å². The van der Waals surface area contributed by atoms with Crippen LogP contribution in [0.25, 0.3) is 0 Å². The van der Waals surface area contributed by atoms with Crippen molar-refractivity contribution in [1.82, 2.24) is 0 Å². The summed E-state index contributed by atoms with van der Waals surface area (Å²) in [5.74, 6) is -91.4. The van der Waals surface area contributed by atoms with Crippen molar-refractivity contribution in [3.8, 4) is 0 Å². The number of hydrogen-bond acceptors (Lipinski definition) is 4. The van der Waals surface area contributed by atoms with E-state index in [-0.39, 0.29) is 0 Å². The molecule has 0 aromatic heterocycles. The van der Waals surface area contributed by atoms with Crippen LogP contribution in [-0.2, 0) is 18.6 Å². The van der Waals surface area contributed by atoms with E-state index in [0.717, 1.165) is 0 Å². The Morgan fingerprint density at radius 1 is 0.263 bits per heavy atom. The summed E-state index contributed by atoms with van der Waals surface area (Å²) in [6.45, 7) is -26.0. The zero-order valence-corrected chi connectivity index (χ0v) is 25.4. The van der Waals surface area contributed by atoms with E-state index in [4.69, 9.17) is 0 Å². The van der Waals surface area contributed by atoms with Gasteiger partial charge in [-0.2, -0.15) is 105 Å². The third kappa shape index (κ3) is 9.68. The molecule has 0 aromatic rings. The van der Waals surface area contributed by atoms with Crippen LogP contribution in [-0.4, -0.2) is 130 Å². The van der Waals surface area contributed by atoms with Crippen LogP contribution in [0.1, 0.15) is 0 Å². The van der Waals surface area contributed by atoms with E-state index in [1.54, 1.807) is 0 Å². The first-order valence-corrected chi connectivity index (χ1v) is 12.9. The van der Waals surface area contributed by atoms with Crippen LogP contribution in [0.15, 0.2) is 0 Å². The molecule has 0 aromatic carbocycles. The van der Waals surface area contributed by atoms with Crippen molar-refractivity contribution >= 4 is 6.96 Å². The van der Waals surface area contributed by atoms with E-state index < -0.39 is 130 Å². The van der Waals surface area contributed by atoms with Crippen molar-refractivity contribution in [1.29, 1.82) is 0 Å². The van der Waals surface area contributed by atoms with Gasteiger partial charge in [0.1, 0.15) is 0 Å². The Bertz CT molecular complexity index is 1120. The molecule has 0 rings (SSSR count). The highest BCUT2D eigenvalue weighted by Gasteiger charge is 2.79. The minimum atomic E-state index is -7.86. The van der Waals surface area contributed by atoms with Crippen molar-refractivity contribution in [2.45, 2.75) is 96.8 Å². The quantitative estimate of drug-likeness (QED) is 0.0714. The molecule has 0 radical (unpaired) electrons. The minimum absolute atomic E-state index is 2.83. The number of rotatable bonds is 24. The Morgan fingerprint density at radius 2 is 0.386 bits per heavy atom. The van der Waals surface area contributed by atoms with Crippen LogP contribution in [0.2, 0.25) is 0 Å². The van der Waals surface area contributed by atoms with Gasteiger partial charge in [-0.1, -0.05) is 0 Å². The average Bonchev–Trinajstić information content (AvgIpc) is 3.02. The molecular formula is C20H12BF32O4-. The predicted molar refractivity (Wildman–Crippen MR) is 113 cm³/mol. The van der Waals surface area contributed by atoms with Gasteiger partial charge in [-0.05, 0) is 0 Å². The lowest BCUT2D eigenvalue weighted by Gasteiger charge is -2.46. The molecule has 4 nitrogen and oxygen atoms in total. The summed E-state index contributed by atoms with van der Waals surface area (Å²) < 4.78 is 439. The highest BCUT2D eigenvalue weighted by atomic mass is 19.4. The van der Waals surface area contributed by atoms with Crippen molar-refractivity contribution in [2.75, 3.05) is 26.4 Å². The molecule has 0 saturated carbocycles. The van der Waals surface area contributed by atoms with Gasteiger partial charge in [-0.3, -0.25) is 0 Å². The van der Waals surface area contributed by atoms with Crippen molar-refractivity contribution in [3.63, 3.8) is 0 Å². The van der Waals surface area contributed by atoms with Crippen LogP contribution in [0.3, 0.4) is 0 Å². The van der Waals surface area contributed by atoms with Crippen LogP contribution in [0.4, 0.5) is 140 Å². The van der Waals surface area contributed by atoms with E-state index in [1.807, 2.05) is 0 Å². The fourth-order valence-corrected chi connectivity index (χ4v) is 3.00. The predicted octanol–water partition coefficient (Wildman–Crippen LogP) is 10.2.